The van der Waals surface area contributed by atoms with Gasteiger partial charge in [0.25, 0.3) is 0 Å². The van der Waals surface area contributed by atoms with E-state index in [1.54, 1.807) is 0 Å². The first-order chi connectivity index (χ1) is 22.1. The molecule has 2 heterocycles. The molecule has 2 aliphatic heterocycles. The number of ketones is 1. The maximum atomic E-state index is 13.7. The largest absolute Gasteiger partial charge is 0.369 e. The molecule has 0 unspecified atom stereocenters. The Kier molecular flexibility index (Phi) is 10.1. The van der Waals surface area contributed by atoms with Crippen molar-refractivity contribution in [3.8, 4) is 11.1 Å². The van der Waals surface area contributed by atoms with Gasteiger partial charge in [-0.2, -0.15) is 5.11 Å². The maximum absolute atomic E-state index is 13.7. The van der Waals surface area contributed by atoms with E-state index >= 15 is 0 Å². The highest BCUT2D eigenvalue weighted by atomic mass is 16.2. The normalized spacial score (nSPS) is 20.5. The second-order valence-electron chi connectivity index (χ2n) is 12.4. The number of amidine groups is 1. The van der Waals surface area contributed by atoms with Crippen LogP contribution in [0.3, 0.4) is 0 Å². The minimum absolute atomic E-state index is 0.00952. The number of carbonyl (C=O) groups is 2. The number of hydrogen-bond acceptors (Lipinski definition) is 8. The second kappa shape index (κ2) is 14.7. The van der Waals surface area contributed by atoms with Crippen LogP contribution in [0.2, 0.25) is 0 Å². The fourth-order valence-corrected chi connectivity index (χ4v) is 6.62. The van der Waals surface area contributed by atoms with Crippen molar-refractivity contribution < 1.29 is 9.59 Å². The molecule has 9 nitrogen and oxygen atoms in total. The molecule has 0 bridgehead atoms. The molecule has 3 aliphatic rings. The monoisotopic (exact) mass is 605 g/mol. The zero-order valence-corrected chi connectivity index (χ0v) is 25.8. The Labute approximate surface area is 265 Å². The lowest BCUT2D eigenvalue weighted by Crippen LogP contribution is -2.43. The highest BCUT2D eigenvalue weighted by molar-refractivity contribution is 6.01. The molecule has 3 aromatic carbocycles. The quantitative estimate of drug-likeness (QED) is 0.268. The summed E-state index contributed by atoms with van der Waals surface area (Å²) in [5.41, 5.74) is 12.0. The van der Waals surface area contributed by atoms with E-state index in [-0.39, 0.29) is 24.0 Å². The minimum atomic E-state index is -0.471. The van der Waals surface area contributed by atoms with Gasteiger partial charge in [-0.25, -0.2) is 4.99 Å². The van der Waals surface area contributed by atoms with Crippen LogP contribution in [0.25, 0.3) is 11.1 Å². The minimum Gasteiger partial charge on any atom is -0.369 e. The highest BCUT2D eigenvalue weighted by Gasteiger charge is 2.30. The zero-order valence-electron chi connectivity index (χ0n) is 25.8. The molecule has 6 rings (SSSR count). The smallest absolute Gasteiger partial charge is 0.228 e. The number of rotatable bonds is 11. The Morgan fingerprint density at radius 1 is 0.867 bits per heavy atom. The fourth-order valence-electron chi connectivity index (χ4n) is 6.62. The summed E-state index contributed by atoms with van der Waals surface area (Å²) in [6.45, 7) is 5.10. The van der Waals surface area contributed by atoms with Gasteiger partial charge in [0.15, 0.2) is 12.5 Å². The lowest BCUT2D eigenvalue weighted by molar-refractivity contribution is -0.129. The van der Waals surface area contributed by atoms with Crippen molar-refractivity contribution in [2.24, 2.45) is 38.7 Å². The Balaban J connectivity index is 1.13. The van der Waals surface area contributed by atoms with E-state index < -0.39 is 5.92 Å². The van der Waals surface area contributed by atoms with Crippen LogP contribution < -0.4 is 21.3 Å². The summed E-state index contributed by atoms with van der Waals surface area (Å²) >= 11 is 0. The van der Waals surface area contributed by atoms with E-state index in [9.17, 15) is 9.59 Å². The van der Waals surface area contributed by atoms with Crippen LogP contribution in [0, 0.1) is 17.8 Å². The molecule has 1 aliphatic carbocycles. The number of aliphatic imine (C=N–C) groups is 1. The van der Waals surface area contributed by atoms with Crippen molar-refractivity contribution >= 4 is 28.9 Å². The van der Waals surface area contributed by atoms with Crippen LogP contribution in [0.4, 0.5) is 11.4 Å². The van der Waals surface area contributed by atoms with Crippen LogP contribution in [-0.4, -0.2) is 56.9 Å². The van der Waals surface area contributed by atoms with Gasteiger partial charge in [0.2, 0.25) is 5.91 Å². The molecule has 1 amide bonds. The molecule has 4 N–H and O–H groups in total. The van der Waals surface area contributed by atoms with Crippen molar-refractivity contribution in [2.45, 2.75) is 38.5 Å². The average Bonchev–Trinajstić information content (AvgIpc) is 3.64. The Morgan fingerprint density at radius 2 is 1.51 bits per heavy atom. The van der Waals surface area contributed by atoms with Gasteiger partial charge >= 0.3 is 0 Å². The molecule has 0 radical (unpaired) electrons. The van der Waals surface area contributed by atoms with Crippen molar-refractivity contribution in [1.29, 1.82) is 0 Å². The Morgan fingerprint density at radius 3 is 2.13 bits per heavy atom. The molecule has 3 aromatic rings. The van der Waals surface area contributed by atoms with E-state index in [0.29, 0.717) is 37.1 Å². The van der Waals surface area contributed by atoms with E-state index in [0.717, 1.165) is 74.1 Å². The van der Waals surface area contributed by atoms with Gasteiger partial charge in [-0.3, -0.25) is 9.59 Å². The number of hydrogen-bond donors (Lipinski definition) is 3. The summed E-state index contributed by atoms with van der Waals surface area (Å²) in [5, 5.41) is 14.4. The number of nitrogens with two attached hydrogens (primary N) is 1. The number of nitrogens with zero attached hydrogens (tertiary/aromatic N) is 4. The third-order valence-corrected chi connectivity index (χ3v) is 9.43. The maximum Gasteiger partial charge on any atom is 0.228 e. The van der Waals surface area contributed by atoms with Gasteiger partial charge in [0.05, 0.1) is 0 Å². The summed E-state index contributed by atoms with van der Waals surface area (Å²) in [6, 6.07) is 24.6. The van der Waals surface area contributed by atoms with Gasteiger partial charge in [0.1, 0.15) is 5.78 Å². The number of Topliss-reactive ketones (excluding diaryl/α,β-unsaturated/α-hetero) is 1. The number of benzene rings is 3. The van der Waals surface area contributed by atoms with E-state index in [1.807, 2.05) is 24.3 Å². The van der Waals surface area contributed by atoms with E-state index in [1.165, 1.54) is 5.69 Å². The number of carbonyl (C=O) groups excluding carboxylic acids is 2. The van der Waals surface area contributed by atoms with E-state index in [2.05, 4.69) is 79.3 Å². The lowest BCUT2D eigenvalue weighted by Gasteiger charge is -2.29. The van der Waals surface area contributed by atoms with Crippen molar-refractivity contribution in [3.05, 3.63) is 83.9 Å². The molecule has 9 heteroatoms. The number of nitrogens with one attached hydrogen (secondary N) is 2. The first-order valence-corrected chi connectivity index (χ1v) is 16.3. The highest BCUT2D eigenvalue weighted by Crippen LogP contribution is 2.31. The summed E-state index contributed by atoms with van der Waals surface area (Å²) in [5.74, 6) is 0.685. The lowest BCUT2D eigenvalue weighted by atomic mass is 9.77. The first kappa shape index (κ1) is 30.8. The SMILES string of the molecule is NCC1CCC(C(=O)C[C@@H](Cc2ccc(-c3ccc(N4CCNCC4)cc3)cc2)C(=O)Nc2ccc(C3=NCN=N3)cc2)CC1. The number of piperazine rings is 1. The molecular formula is C36H43N7O2. The van der Waals surface area contributed by atoms with Crippen LogP contribution in [0.5, 0.6) is 0 Å². The Bertz CT molecular complexity index is 1500. The number of amides is 1. The van der Waals surface area contributed by atoms with Gasteiger partial charge in [-0.1, -0.05) is 36.4 Å². The predicted molar refractivity (Wildman–Crippen MR) is 180 cm³/mol. The first-order valence-electron chi connectivity index (χ1n) is 16.3. The van der Waals surface area contributed by atoms with Crippen LogP contribution in [0.1, 0.15) is 43.2 Å². The van der Waals surface area contributed by atoms with Crippen LogP contribution in [-0.2, 0) is 16.0 Å². The van der Waals surface area contributed by atoms with Crippen LogP contribution >= 0.6 is 0 Å². The van der Waals surface area contributed by atoms with E-state index in [4.69, 9.17) is 5.73 Å². The van der Waals surface area contributed by atoms with Crippen molar-refractivity contribution in [1.82, 2.24) is 5.32 Å². The van der Waals surface area contributed by atoms with Crippen molar-refractivity contribution in [3.63, 3.8) is 0 Å². The predicted octanol–water partition coefficient (Wildman–Crippen LogP) is 5.45. The number of azo groups is 1. The summed E-state index contributed by atoms with van der Waals surface area (Å²) in [6.07, 6.45) is 4.42. The molecule has 0 spiro atoms. The molecule has 234 valence electrons. The Hall–Kier alpha value is -4.21. The van der Waals surface area contributed by atoms with Gasteiger partial charge in [-0.15, -0.1) is 5.11 Å². The van der Waals surface area contributed by atoms with Gasteiger partial charge < -0.3 is 21.3 Å². The molecule has 2 fully saturated rings. The third kappa shape index (κ3) is 7.90. The molecular weight excluding hydrogens is 562 g/mol. The summed E-state index contributed by atoms with van der Waals surface area (Å²) in [4.78, 5) is 33.8. The molecule has 1 saturated heterocycles. The number of anilines is 2. The average molecular weight is 606 g/mol. The summed E-state index contributed by atoms with van der Waals surface area (Å²) < 4.78 is 0. The molecule has 1 saturated carbocycles. The van der Waals surface area contributed by atoms with Gasteiger partial charge in [0, 0.05) is 61.4 Å². The standard InChI is InChI=1S/C36H43N7O2/c37-23-26-3-7-29(8-4-26)34(44)22-31(36(45)41-32-13-9-30(10-14-32)35-39-24-40-42-35)21-25-1-5-27(6-2-25)28-11-15-33(16-12-28)43-19-17-38-18-20-43/h1-2,5-6,9-16,26,29,31,38H,3-4,7-8,17-24,37H2,(H,41,45)/t26?,29?,31-/m1/s1. The third-order valence-electron chi connectivity index (χ3n) is 9.43. The zero-order chi connectivity index (χ0) is 31.0. The second-order valence-corrected chi connectivity index (χ2v) is 12.4. The summed E-state index contributed by atoms with van der Waals surface area (Å²) in [7, 11) is 0. The van der Waals surface area contributed by atoms with Crippen LogP contribution in [0.15, 0.2) is 88.0 Å². The topological polar surface area (TPSA) is 125 Å². The van der Waals surface area contributed by atoms with Gasteiger partial charge in [-0.05, 0) is 97.7 Å². The molecule has 45 heavy (non-hydrogen) atoms. The van der Waals surface area contributed by atoms with Crippen molar-refractivity contribution in [2.75, 3.05) is 49.6 Å². The molecule has 1 atom stereocenters. The molecule has 0 aromatic heterocycles. The fraction of sp³-hybridized carbons (Fsp3) is 0.417.